The van der Waals surface area contributed by atoms with Gasteiger partial charge in [-0.25, -0.2) is 4.79 Å². The molecule has 0 N–H and O–H groups in total. The van der Waals surface area contributed by atoms with Crippen LogP contribution in [-0.2, 0) is 14.3 Å². The van der Waals surface area contributed by atoms with Gasteiger partial charge in [0.1, 0.15) is 12.6 Å². The fraction of sp³-hybridized carbons (Fsp3) is 0.943. The summed E-state index contributed by atoms with van der Waals surface area (Å²) in [7, 11) is 8.84. The Kier molecular flexibility index (Phi) is 15.2. The topological polar surface area (TPSA) is 43.4 Å². The van der Waals surface area contributed by atoms with Crippen molar-refractivity contribution in [3.63, 3.8) is 0 Å². The summed E-state index contributed by atoms with van der Waals surface area (Å²) in [5, 5.41) is 0. The molecule has 2 aliphatic carbocycles. The van der Waals surface area contributed by atoms with E-state index in [9.17, 15) is 9.59 Å². The lowest BCUT2D eigenvalue weighted by molar-refractivity contribution is -0.883. The van der Waals surface area contributed by atoms with E-state index in [-0.39, 0.29) is 18.0 Å². The van der Waals surface area contributed by atoms with Gasteiger partial charge in [0.15, 0.2) is 12.3 Å². The van der Waals surface area contributed by atoms with E-state index in [0.29, 0.717) is 42.5 Å². The Bertz CT molecular complexity index is 747. The third kappa shape index (κ3) is 13.8. The first-order valence-electron chi connectivity index (χ1n) is 17.1. The Hall–Kier alpha value is -0.940. The molecule has 0 bridgehead atoms. The van der Waals surface area contributed by atoms with Gasteiger partial charge in [-0.1, -0.05) is 66.2 Å². The van der Waals surface area contributed by atoms with Crippen LogP contribution in [0, 0.1) is 29.6 Å². The first-order chi connectivity index (χ1) is 18.8. The number of hydrogen-bond acceptors (Lipinski definition) is 3. The first kappa shape index (κ1) is 35.3. The summed E-state index contributed by atoms with van der Waals surface area (Å²) in [5.41, 5.74) is 0. The first-order valence-corrected chi connectivity index (χ1v) is 17.1. The molecule has 5 heteroatoms. The van der Waals surface area contributed by atoms with Gasteiger partial charge in [0.25, 0.3) is 0 Å². The summed E-state index contributed by atoms with van der Waals surface area (Å²) in [4.78, 5) is 25.8. The zero-order valence-corrected chi connectivity index (χ0v) is 28.0. The fourth-order valence-electron chi connectivity index (χ4n) is 7.47. The molecule has 234 valence electrons. The maximum atomic E-state index is 13.3. The summed E-state index contributed by atoms with van der Waals surface area (Å²) < 4.78 is 7.38. The van der Waals surface area contributed by atoms with Crippen molar-refractivity contribution in [2.24, 2.45) is 29.6 Å². The van der Waals surface area contributed by atoms with Crippen LogP contribution in [0.1, 0.15) is 124 Å². The molecule has 0 spiro atoms. The maximum Gasteiger partial charge on any atom is 0.362 e. The number of rotatable bonds is 18. The van der Waals surface area contributed by atoms with E-state index >= 15 is 0 Å². The van der Waals surface area contributed by atoms with E-state index in [2.05, 4.69) is 55.9 Å². The number of nitrogens with zero attached hydrogens (tertiary/aromatic N) is 2. The fourth-order valence-corrected chi connectivity index (χ4v) is 7.47. The molecule has 5 nitrogen and oxygen atoms in total. The van der Waals surface area contributed by atoms with Gasteiger partial charge in [-0.2, -0.15) is 0 Å². The number of ether oxygens (including phenoxy) is 1. The monoisotopic (exact) mass is 565 g/mol. The molecular weight excluding hydrogens is 496 g/mol. The number of quaternary nitrogens is 2. The molecule has 0 aromatic carbocycles. The summed E-state index contributed by atoms with van der Waals surface area (Å²) in [6.45, 7) is 12.5. The van der Waals surface area contributed by atoms with Gasteiger partial charge in [-0.15, -0.1) is 0 Å². The Morgan fingerprint density at radius 1 is 0.700 bits per heavy atom. The van der Waals surface area contributed by atoms with Crippen molar-refractivity contribution < 1.29 is 23.3 Å². The molecule has 2 aliphatic rings. The van der Waals surface area contributed by atoms with Gasteiger partial charge in [0.2, 0.25) is 0 Å². The smallest absolute Gasteiger partial charge is 0.362 e. The summed E-state index contributed by atoms with van der Waals surface area (Å²) in [6.07, 6.45) is 18.4. The van der Waals surface area contributed by atoms with E-state index in [1.54, 1.807) is 0 Å². The molecule has 2 rings (SSSR count). The van der Waals surface area contributed by atoms with Gasteiger partial charge in [0.05, 0.1) is 41.3 Å². The predicted molar refractivity (Wildman–Crippen MR) is 168 cm³/mol. The average Bonchev–Trinajstić information content (AvgIpc) is 2.84. The van der Waals surface area contributed by atoms with E-state index in [1.807, 2.05) is 0 Å². The molecule has 0 aliphatic heterocycles. The summed E-state index contributed by atoms with van der Waals surface area (Å²) in [5.74, 6) is 3.37. The SMILES string of the molecule is CC(C)[C@H]1CC[C@@H](C)C[C@H]1C(=O)C[N+](C)(C)CCCCCCCCCC[N+](C)(C)CC(=O)O[C@H]1CCC[C@H](C)C1. The third-order valence-corrected chi connectivity index (χ3v) is 10.0. The van der Waals surface area contributed by atoms with E-state index in [4.69, 9.17) is 4.74 Å². The van der Waals surface area contributed by atoms with Crippen molar-refractivity contribution in [1.29, 1.82) is 0 Å². The van der Waals surface area contributed by atoms with Crippen LogP contribution in [0.15, 0.2) is 0 Å². The lowest BCUT2D eigenvalue weighted by atomic mass is 9.68. The van der Waals surface area contributed by atoms with Gasteiger partial charge in [0, 0.05) is 5.92 Å². The van der Waals surface area contributed by atoms with Crippen molar-refractivity contribution >= 4 is 11.8 Å². The van der Waals surface area contributed by atoms with Crippen molar-refractivity contribution in [2.45, 2.75) is 130 Å². The van der Waals surface area contributed by atoms with Crippen molar-refractivity contribution in [2.75, 3.05) is 54.4 Å². The number of likely N-dealkylation sites (N-methyl/N-ethyl adjacent to an activating group) is 2. The summed E-state index contributed by atoms with van der Waals surface area (Å²) in [6, 6.07) is 0. The second kappa shape index (κ2) is 17.2. The predicted octanol–water partition coefficient (Wildman–Crippen LogP) is 7.66. The number of esters is 1. The Balaban J connectivity index is 1.51. The second-order valence-electron chi connectivity index (χ2n) is 15.7. The lowest BCUT2D eigenvalue weighted by Gasteiger charge is -2.38. The maximum absolute atomic E-state index is 13.3. The van der Waals surface area contributed by atoms with Crippen LogP contribution in [-0.4, -0.2) is 81.2 Å². The van der Waals surface area contributed by atoms with Crippen molar-refractivity contribution in [3.8, 4) is 0 Å². The normalized spacial score (nSPS) is 26.2. The Labute approximate surface area is 249 Å². The highest BCUT2D eigenvalue weighted by Crippen LogP contribution is 2.38. The molecule has 0 heterocycles. The number of ketones is 1. The molecule has 0 amide bonds. The quantitative estimate of drug-likeness (QED) is 0.0975. The zero-order valence-electron chi connectivity index (χ0n) is 28.0. The van der Waals surface area contributed by atoms with Crippen LogP contribution in [0.4, 0.5) is 0 Å². The molecule has 40 heavy (non-hydrogen) atoms. The number of carbonyl (C=O) groups is 2. The lowest BCUT2D eigenvalue weighted by Crippen LogP contribution is -2.48. The van der Waals surface area contributed by atoms with E-state index in [0.717, 1.165) is 41.3 Å². The number of unbranched alkanes of at least 4 members (excludes halogenated alkanes) is 7. The van der Waals surface area contributed by atoms with Gasteiger partial charge in [-0.3, -0.25) is 4.79 Å². The van der Waals surface area contributed by atoms with Crippen LogP contribution in [0.5, 0.6) is 0 Å². The average molecular weight is 565 g/mol. The van der Waals surface area contributed by atoms with Crippen LogP contribution in [0.25, 0.3) is 0 Å². The Morgan fingerprint density at radius 2 is 1.23 bits per heavy atom. The van der Waals surface area contributed by atoms with Crippen LogP contribution in [0.3, 0.4) is 0 Å². The zero-order chi connectivity index (χ0) is 29.8. The van der Waals surface area contributed by atoms with Gasteiger partial charge < -0.3 is 13.7 Å². The number of Topliss-reactive ketones (excluding diaryl/α,β-unsaturated/α-hetero) is 1. The minimum absolute atomic E-state index is 0.0152. The van der Waals surface area contributed by atoms with Gasteiger partial charge in [-0.05, 0) is 81.5 Å². The standard InChI is InChI=1S/C35H68N2O3/c1-28(2)32-21-20-30(4)25-33(32)34(38)26-36(5,6)22-15-13-11-9-10-12-14-16-23-37(7,8)27-35(39)40-31-19-17-18-29(3)24-31/h28-33H,9-27H2,1-8H3/q+2/t29-,30+,31-,32+,33+/m0/s1. The minimum atomic E-state index is -0.0152. The molecule has 5 atom stereocenters. The van der Waals surface area contributed by atoms with Crippen LogP contribution < -0.4 is 0 Å². The number of carbonyl (C=O) groups excluding carboxylic acids is 2. The van der Waals surface area contributed by atoms with E-state index < -0.39 is 0 Å². The van der Waals surface area contributed by atoms with Crippen molar-refractivity contribution in [3.05, 3.63) is 0 Å². The molecule has 0 aromatic rings. The van der Waals surface area contributed by atoms with Crippen molar-refractivity contribution in [1.82, 2.24) is 0 Å². The number of hydrogen-bond donors (Lipinski definition) is 0. The molecule has 0 saturated heterocycles. The summed E-state index contributed by atoms with van der Waals surface area (Å²) >= 11 is 0. The van der Waals surface area contributed by atoms with Crippen LogP contribution >= 0.6 is 0 Å². The molecular formula is C35H68N2O3+2. The second-order valence-corrected chi connectivity index (χ2v) is 15.7. The third-order valence-electron chi connectivity index (χ3n) is 10.0. The largest absolute Gasteiger partial charge is 0.458 e. The highest BCUT2D eigenvalue weighted by atomic mass is 16.5. The Morgan fingerprint density at radius 3 is 1.77 bits per heavy atom. The van der Waals surface area contributed by atoms with Gasteiger partial charge >= 0.3 is 5.97 Å². The van der Waals surface area contributed by atoms with E-state index in [1.165, 1.54) is 77.0 Å². The minimum Gasteiger partial charge on any atom is -0.458 e. The molecule has 2 saturated carbocycles. The molecule has 2 fully saturated rings. The highest BCUT2D eigenvalue weighted by Gasteiger charge is 2.37. The molecule has 0 radical (unpaired) electrons. The molecule has 0 aromatic heterocycles. The van der Waals surface area contributed by atoms with Crippen LogP contribution in [0.2, 0.25) is 0 Å². The molecule has 0 unspecified atom stereocenters. The highest BCUT2D eigenvalue weighted by molar-refractivity contribution is 5.82.